The molecule has 1 aliphatic heterocycles. The molecule has 230 valence electrons. The Bertz CT molecular complexity index is 1410. The summed E-state index contributed by atoms with van der Waals surface area (Å²) in [6.07, 6.45) is -3.65. The number of amides is 1. The number of hydrogen-bond acceptors (Lipinski definition) is 5. The van der Waals surface area contributed by atoms with E-state index in [0.29, 0.717) is 10.8 Å². The topological polar surface area (TPSA) is 107 Å². The summed E-state index contributed by atoms with van der Waals surface area (Å²) in [5.74, 6) is -3.31. The normalized spacial score (nSPS) is 12.8. The van der Waals surface area contributed by atoms with E-state index in [1.165, 1.54) is 35.4 Å². The first-order valence-corrected chi connectivity index (χ1v) is 14.5. The summed E-state index contributed by atoms with van der Waals surface area (Å²) in [5, 5.41) is 19.9. The third kappa shape index (κ3) is 10.6. The van der Waals surface area contributed by atoms with Gasteiger partial charge < -0.3 is 15.5 Å². The van der Waals surface area contributed by atoms with Gasteiger partial charge >= 0.3 is 18.2 Å². The summed E-state index contributed by atoms with van der Waals surface area (Å²) in [6.45, 7) is 1.10. The first-order chi connectivity index (χ1) is 20.3. The number of alkyl halides is 3. The van der Waals surface area contributed by atoms with Crippen molar-refractivity contribution in [3.63, 3.8) is 0 Å². The molecular weight excluding hydrogens is 612 g/mol. The second-order valence-corrected chi connectivity index (χ2v) is 10.9. The molecule has 0 atom stereocenters. The van der Waals surface area contributed by atoms with E-state index in [9.17, 15) is 31.9 Å². The van der Waals surface area contributed by atoms with Gasteiger partial charge in [-0.05, 0) is 78.5 Å². The van der Waals surface area contributed by atoms with Crippen molar-refractivity contribution < 1.29 is 42.2 Å². The van der Waals surface area contributed by atoms with Crippen molar-refractivity contribution in [3.05, 3.63) is 99.3 Å². The Kier molecular flexibility index (Phi) is 12.4. The molecule has 1 aliphatic rings. The van der Waals surface area contributed by atoms with Crippen LogP contribution < -0.4 is 5.32 Å². The summed E-state index contributed by atoms with van der Waals surface area (Å²) in [4.78, 5) is 32.8. The summed E-state index contributed by atoms with van der Waals surface area (Å²) >= 11 is 8.07. The number of thioether (sulfide) groups is 1. The fourth-order valence-corrected chi connectivity index (χ4v) is 5.64. The average molecular weight is 641 g/mol. The lowest BCUT2D eigenvalue weighted by Crippen LogP contribution is -2.42. The quantitative estimate of drug-likeness (QED) is 0.138. The Hall–Kier alpha value is -3.61. The van der Waals surface area contributed by atoms with Crippen LogP contribution in [0.25, 0.3) is 0 Å². The maximum Gasteiger partial charge on any atom is 0.487 e. The van der Waals surface area contributed by atoms with Gasteiger partial charge in [0.05, 0.1) is 24.4 Å². The Labute approximate surface area is 254 Å². The molecule has 0 aromatic heterocycles. The molecule has 1 heterocycles. The van der Waals surface area contributed by atoms with Crippen LogP contribution >= 0.6 is 23.4 Å². The highest BCUT2D eigenvalue weighted by Gasteiger charge is 2.41. The molecule has 1 amide bonds. The van der Waals surface area contributed by atoms with E-state index in [0.717, 1.165) is 48.5 Å². The van der Waals surface area contributed by atoms with Crippen LogP contribution in [0.3, 0.4) is 0 Å². The zero-order valence-corrected chi connectivity index (χ0v) is 24.4. The number of nitrogens with zero attached hydrogens (tertiary/aromatic N) is 1. The number of carboxylic acid groups (broad SMARTS) is 2. The van der Waals surface area contributed by atoms with Crippen molar-refractivity contribution >= 4 is 41.2 Å². The first-order valence-electron chi connectivity index (χ1n) is 13.1. The molecule has 43 heavy (non-hydrogen) atoms. The van der Waals surface area contributed by atoms with Crippen LogP contribution in [-0.4, -0.2) is 52.3 Å². The van der Waals surface area contributed by atoms with Crippen molar-refractivity contribution in [2.75, 3.05) is 13.1 Å². The number of halogens is 5. The molecule has 4 rings (SSSR count). The second kappa shape index (κ2) is 15.7. The number of carbonyl (C=O) groups excluding carboxylic acids is 1. The predicted molar refractivity (Wildman–Crippen MR) is 155 cm³/mol. The van der Waals surface area contributed by atoms with Gasteiger partial charge in [-0.25, -0.2) is 9.29 Å². The molecule has 7 nitrogen and oxygen atoms in total. The second-order valence-electron chi connectivity index (χ2n) is 9.52. The number of carbonyl (C=O) groups is 3. The van der Waals surface area contributed by atoms with Crippen LogP contribution in [0.4, 0.5) is 17.6 Å². The molecule has 0 bridgehead atoms. The summed E-state index contributed by atoms with van der Waals surface area (Å²) in [6, 6.07) is 14.7. The number of carboxylic acids is 2. The molecule has 3 aromatic rings. The largest absolute Gasteiger partial charge is 0.487 e. The van der Waals surface area contributed by atoms with Gasteiger partial charge in [0.1, 0.15) is 5.82 Å². The van der Waals surface area contributed by atoms with Crippen LogP contribution in [0.2, 0.25) is 5.02 Å². The van der Waals surface area contributed by atoms with Gasteiger partial charge in [-0.3, -0.25) is 14.4 Å². The number of nitrogens with one attached hydrogen (secondary N) is 1. The van der Waals surface area contributed by atoms with Crippen LogP contribution in [0.15, 0.2) is 65.6 Å². The Morgan fingerprint density at radius 1 is 0.860 bits per heavy atom. The first kappa shape index (κ1) is 33.9. The van der Waals surface area contributed by atoms with E-state index in [4.69, 9.17) is 21.8 Å². The van der Waals surface area contributed by atoms with Crippen molar-refractivity contribution in [2.45, 2.75) is 49.2 Å². The van der Waals surface area contributed by atoms with E-state index < -0.39 is 36.5 Å². The third-order valence-corrected chi connectivity index (χ3v) is 8.03. The lowest BCUT2D eigenvalue weighted by molar-refractivity contribution is -0.228. The summed E-state index contributed by atoms with van der Waals surface area (Å²) < 4.78 is 54.0. The molecule has 0 saturated heterocycles. The molecule has 0 fully saturated rings. The maximum atomic E-state index is 13.6. The average Bonchev–Trinajstić information content (AvgIpc) is 3.21. The van der Waals surface area contributed by atoms with Crippen LogP contribution in [0.5, 0.6) is 0 Å². The SMILES string of the molecule is O=C(O)CCC(=O)O.O=C(c1ccc(CSc2c(Cl)ccc3c2CCNCC3)cc1)N(Cc1ccc(F)cc1)C(F)(F)F. The monoisotopic (exact) mass is 640 g/mol. The molecular formula is C30H29ClF4N2O5S. The standard InChI is InChI=1S/C26H23ClF4N2OS.C4H6O4/c27-23-10-7-19-11-13-32-14-12-22(19)24(23)35-16-18-1-5-20(6-2-18)25(34)33(26(29,30)31)15-17-3-8-21(28)9-4-17;5-3(6)1-2-4(7)8/h1-10,32H,11-16H2;1-2H2,(H,5,6)(H,7,8). The van der Waals surface area contributed by atoms with E-state index in [1.54, 1.807) is 23.9 Å². The lowest BCUT2D eigenvalue weighted by Gasteiger charge is -2.25. The highest BCUT2D eigenvalue weighted by molar-refractivity contribution is 7.98. The molecule has 0 aliphatic carbocycles. The van der Waals surface area contributed by atoms with Crippen molar-refractivity contribution in [2.24, 2.45) is 0 Å². The van der Waals surface area contributed by atoms with E-state index in [2.05, 4.69) is 11.4 Å². The number of fused-ring (bicyclic) bond motifs is 1. The number of rotatable bonds is 9. The third-order valence-electron chi connectivity index (χ3n) is 6.37. The molecule has 3 N–H and O–H groups in total. The fraction of sp³-hybridized carbons (Fsp3) is 0.300. The van der Waals surface area contributed by atoms with Crippen LogP contribution in [0, 0.1) is 5.82 Å². The number of hydrogen-bond donors (Lipinski definition) is 3. The van der Waals surface area contributed by atoms with Gasteiger partial charge in [-0.1, -0.05) is 41.9 Å². The van der Waals surface area contributed by atoms with Gasteiger partial charge in [0.15, 0.2) is 0 Å². The Balaban J connectivity index is 0.000000557. The minimum absolute atomic E-state index is 0.0733. The molecule has 0 radical (unpaired) electrons. The van der Waals surface area contributed by atoms with Gasteiger partial charge in [-0.15, -0.1) is 24.9 Å². The zero-order valence-electron chi connectivity index (χ0n) is 22.8. The zero-order chi connectivity index (χ0) is 31.6. The molecule has 3 aromatic carbocycles. The van der Waals surface area contributed by atoms with Gasteiger partial charge in [0.2, 0.25) is 0 Å². The van der Waals surface area contributed by atoms with Crippen LogP contribution in [-0.2, 0) is 34.7 Å². The van der Waals surface area contributed by atoms with Crippen molar-refractivity contribution in [3.8, 4) is 0 Å². The lowest BCUT2D eigenvalue weighted by atomic mass is 10.0. The number of benzene rings is 3. The molecule has 13 heteroatoms. The molecule has 0 unspecified atom stereocenters. The highest BCUT2D eigenvalue weighted by atomic mass is 35.5. The molecule has 0 spiro atoms. The minimum Gasteiger partial charge on any atom is -0.481 e. The Morgan fingerprint density at radius 3 is 2.02 bits per heavy atom. The predicted octanol–water partition coefficient (Wildman–Crippen LogP) is 6.56. The smallest absolute Gasteiger partial charge is 0.481 e. The van der Waals surface area contributed by atoms with Gasteiger partial charge in [0.25, 0.3) is 5.91 Å². The van der Waals surface area contributed by atoms with Gasteiger partial charge in [0, 0.05) is 16.2 Å². The van der Waals surface area contributed by atoms with E-state index in [-0.39, 0.29) is 28.9 Å². The highest BCUT2D eigenvalue weighted by Crippen LogP contribution is 2.36. The fourth-order valence-electron chi connectivity index (χ4n) is 4.18. The summed E-state index contributed by atoms with van der Waals surface area (Å²) in [7, 11) is 0. The van der Waals surface area contributed by atoms with Gasteiger partial charge in [-0.2, -0.15) is 0 Å². The number of aliphatic carboxylic acids is 2. The van der Waals surface area contributed by atoms with E-state index in [1.807, 2.05) is 6.07 Å². The Morgan fingerprint density at radius 2 is 1.44 bits per heavy atom. The van der Waals surface area contributed by atoms with E-state index >= 15 is 0 Å². The molecule has 0 saturated carbocycles. The van der Waals surface area contributed by atoms with Crippen molar-refractivity contribution in [1.82, 2.24) is 10.2 Å². The van der Waals surface area contributed by atoms with Crippen molar-refractivity contribution in [1.29, 1.82) is 0 Å². The minimum atomic E-state index is -4.88. The van der Waals surface area contributed by atoms with Crippen LogP contribution in [0.1, 0.15) is 45.5 Å². The maximum absolute atomic E-state index is 13.6. The summed E-state index contributed by atoms with van der Waals surface area (Å²) in [5.41, 5.74) is 3.48.